The first-order chi connectivity index (χ1) is 10.1. The summed E-state index contributed by atoms with van der Waals surface area (Å²) in [5, 5.41) is 11.2. The van der Waals surface area contributed by atoms with Gasteiger partial charge in [-0.2, -0.15) is 0 Å². The van der Waals surface area contributed by atoms with Crippen molar-refractivity contribution in [3.8, 4) is 0 Å². The molecule has 0 unspecified atom stereocenters. The molecule has 0 aliphatic carbocycles. The number of anilines is 1. The zero-order valence-corrected chi connectivity index (χ0v) is 13.5. The summed E-state index contributed by atoms with van der Waals surface area (Å²) in [6, 6.07) is 0. The lowest BCUT2D eigenvalue weighted by Crippen LogP contribution is -2.16. The van der Waals surface area contributed by atoms with E-state index in [2.05, 4.69) is 25.5 Å². The maximum atomic E-state index is 11.6. The van der Waals surface area contributed by atoms with Crippen LogP contribution in [0.2, 0.25) is 0 Å². The zero-order chi connectivity index (χ0) is 15.4. The Labute approximate surface area is 127 Å². The highest BCUT2D eigenvalue weighted by Gasteiger charge is 2.15. The third-order valence-electron chi connectivity index (χ3n) is 3.04. The van der Waals surface area contributed by atoms with Crippen molar-refractivity contribution >= 4 is 17.6 Å². The van der Waals surface area contributed by atoms with E-state index in [1.807, 2.05) is 27.7 Å². The van der Waals surface area contributed by atoms with Gasteiger partial charge in [0.05, 0.1) is 0 Å². The standard InChI is InChI=1S/C13H20N6OS/c1-5-9-15-10(14-6-2)8(4)11(16-9)21-13-18-17-12(20)19(13)7-3/h5-7H2,1-4H3,(H,17,20)(H,14,15,16). The Bertz CT molecular complexity index is 678. The summed E-state index contributed by atoms with van der Waals surface area (Å²) in [5.41, 5.74) is 0.770. The molecule has 0 saturated carbocycles. The van der Waals surface area contributed by atoms with E-state index in [0.29, 0.717) is 11.7 Å². The molecule has 0 saturated heterocycles. The third-order valence-corrected chi connectivity index (χ3v) is 4.12. The van der Waals surface area contributed by atoms with Crippen molar-refractivity contribution in [3.63, 3.8) is 0 Å². The molecule has 7 nitrogen and oxygen atoms in total. The minimum Gasteiger partial charge on any atom is -0.370 e. The van der Waals surface area contributed by atoms with E-state index in [9.17, 15) is 4.79 Å². The van der Waals surface area contributed by atoms with E-state index in [1.165, 1.54) is 11.8 Å². The average molecular weight is 308 g/mol. The van der Waals surface area contributed by atoms with E-state index in [-0.39, 0.29) is 5.69 Å². The summed E-state index contributed by atoms with van der Waals surface area (Å²) in [6.45, 7) is 9.31. The normalized spacial score (nSPS) is 10.9. The Hall–Kier alpha value is -1.83. The molecule has 0 bridgehead atoms. The Morgan fingerprint density at radius 3 is 2.67 bits per heavy atom. The van der Waals surface area contributed by atoms with E-state index in [4.69, 9.17) is 0 Å². The van der Waals surface area contributed by atoms with Crippen LogP contribution in [0, 0.1) is 6.92 Å². The second-order valence-corrected chi connectivity index (χ2v) is 5.42. The molecule has 0 fully saturated rings. The van der Waals surface area contributed by atoms with Crippen molar-refractivity contribution in [3.05, 3.63) is 21.9 Å². The second kappa shape index (κ2) is 6.75. The van der Waals surface area contributed by atoms with Crippen molar-refractivity contribution in [2.24, 2.45) is 0 Å². The number of nitrogens with one attached hydrogen (secondary N) is 2. The van der Waals surface area contributed by atoms with E-state index < -0.39 is 0 Å². The average Bonchev–Trinajstić information content (AvgIpc) is 2.83. The lowest BCUT2D eigenvalue weighted by atomic mass is 10.3. The van der Waals surface area contributed by atoms with Crippen molar-refractivity contribution in [2.75, 3.05) is 11.9 Å². The van der Waals surface area contributed by atoms with Gasteiger partial charge >= 0.3 is 5.69 Å². The molecule has 0 aromatic carbocycles. The number of hydrogen-bond acceptors (Lipinski definition) is 6. The van der Waals surface area contributed by atoms with Gasteiger partial charge in [0.15, 0.2) is 5.16 Å². The van der Waals surface area contributed by atoms with Crippen LogP contribution in [-0.4, -0.2) is 31.3 Å². The minimum atomic E-state index is -0.200. The fraction of sp³-hybridized carbons (Fsp3) is 0.538. The van der Waals surface area contributed by atoms with Gasteiger partial charge in [-0.05, 0) is 32.5 Å². The second-order valence-electron chi connectivity index (χ2n) is 4.46. The van der Waals surface area contributed by atoms with Gasteiger partial charge in [-0.25, -0.2) is 19.9 Å². The molecule has 114 valence electrons. The predicted molar refractivity (Wildman–Crippen MR) is 83.0 cm³/mol. The Morgan fingerprint density at radius 1 is 1.29 bits per heavy atom. The molecule has 0 spiro atoms. The molecular weight excluding hydrogens is 288 g/mol. The molecule has 2 rings (SSSR count). The molecule has 8 heteroatoms. The smallest absolute Gasteiger partial charge is 0.343 e. The van der Waals surface area contributed by atoms with Crippen molar-refractivity contribution in [1.29, 1.82) is 0 Å². The Balaban J connectivity index is 2.42. The summed E-state index contributed by atoms with van der Waals surface area (Å²) in [4.78, 5) is 20.7. The largest absolute Gasteiger partial charge is 0.370 e. The number of aromatic nitrogens is 5. The van der Waals surface area contributed by atoms with Crippen LogP contribution >= 0.6 is 11.8 Å². The summed E-state index contributed by atoms with van der Waals surface area (Å²) in [7, 11) is 0. The number of aryl methyl sites for hydroxylation is 1. The van der Waals surface area contributed by atoms with Gasteiger partial charge in [-0.3, -0.25) is 4.57 Å². The summed E-state index contributed by atoms with van der Waals surface area (Å²) < 4.78 is 1.59. The van der Waals surface area contributed by atoms with Crippen LogP contribution in [-0.2, 0) is 13.0 Å². The van der Waals surface area contributed by atoms with E-state index >= 15 is 0 Å². The lowest BCUT2D eigenvalue weighted by molar-refractivity contribution is 0.659. The Kier molecular flexibility index (Phi) is 5.00. The molecule has 2 heterocycles. The fourth-order valence-corrected chi connectivity index (χ4v) is 2.87. The third kappa shape index (κ3) is 3.26. The van der Waals surface area contributed by atoms with Crippen LogP contribution in [0.4, 0.5) is 5.82 Å². The van der Waals surface area contributed by atoms with Crippen LogP contribution in [0.15, 0.2) is 15.0 Å². The van der Waals surface area contributed by atoms with Crippen LogP contribution < -0.4 is 11.0 Å². The highest BCUT2D eigenvalue weighted by atomic mass is 32.2. The van der Waals surface area contributed by atoms with Gasteiger partial charge in [0.2, 0.25) is 0 Å². The van der Waals surface area contributed by atoms with Crippen LogP contribution in [0.25, 0.3) is 0 Å². The molecule has 0 amide bonds. The summed E-state index contributed by atoms with van der Waals surface area (Å²) >= 11 is 1.39. The van der Waals surface area contributed by atoms with Crippen molar-refractivity contribution < 1.29 is 0 Å². The molecule has 0 aliphatic rings. The first kappa shape index (κ1) is 15.6. The molecule has 2 aromatic rings. The number of H-pyrrole nitrogens is 1. The predicted octanol–water partition coefficient (Wildman–Crippen LogP) is 1.84. The van der Waals surface area contributed by atoms with Crippen LogP contribution in [0.5, 0.6) is 0 Å². The van der Waals surface area contributed by atoms with E-state index in [1.54, 1.807) is 4.57 Å². The Morgan fingerprint density at radius 2 is 2.05 bits per heavy atom. The topological polar surface area (TPSA) is 88.5 Å². The first-order valence-electron chi connectivity index (χ1n) is 7.05. The van der Waals surface area contributed by atoms with Crippen molar-refractivity contribution in [1.82, 2.24) is 24.7 Å². The highest BCUT2D eigenvalue weighted by Crippen LogP contribution is 2.29. The maximum Gasteiger partial charge on any atom is 0.343 e. The maximum absolute atomic E-state index is 11.6. The molecule has 2 N–H and O–H groups in total. The van der Waals surface area contributed by atoms with Crippen LogP contribution in [0.1, 0.15) is 32.2 Å². The molecule has 0 atom stereocenters. The van der Waals surface area contributed by atoms with Crippen LogP contribution in [0.3, 0.4) is 0 Å². The van der Waals surface area contributed by atoms with E-state index in [0.717, 1.165) is 35.2 Å². The van der Waals surface area contributed by atoms with Gasteiger partial charge in [0.25, 0.3) is 0 Å². The molecule has 0 aliphatic heterocycles. The van der Waals surface area contributed by atoms with Gasteiger partial charge in [-0.1, -0.05) is 6.92 Å². The summed E-state index contributed by atoms with van der Waals surface area (Å²) in [5.74, 6) is 1.62. The zero-order valence-electron chi connectivity index (χ0n) is 12.7. The lowest BCUT2D eigenvalue weighted by Gasteiger charge is -2.12. The highest BCUT2D eigenvalue weighted by molar-refractivity contribution is 7.99. The van der Waals surface area contributed by atoms with Gasteiger partial charge in [0, 0.05) is 25.1 Å². The van der Waals surface area contributed by atoms with Gasteiger partial charge < -0.3 is 5.32 Å². The molecule has 2 aromatic heterocycles. The first-order valence-corrected chi connectivity index (χ1v) is 7.86. The number of nitrogens with zero attached hydrogens (tertiary/aromatic N) is 4. The van der Waals surface area contributed by atoms with Gasteiger partial charge in [0.1, 0.15) is 16.7 Å². The van der Waals surface area contributed by atoms with Crippen molar-refractivity contribution in [2.45, 2.75) is 50.8 Å². The molecule has 0 radical (unpaired) electrons. The molecule has 21 heavy (non-hydrogen) atoms. The quantitative estimate of drug-likeness (QED) is 0.792. The fourth-order valence-electron chi connectivity index (χ4n) is 1.88. The monoisotopic (exact) mass is 308 g/mol. The minimum absolute atomic E-state index is 0.200. The number of hydrogen-bond donors (Lipinski definition) is 2. The molecular formula is C13H20N6OS. The number of rotatable bonds is 6. The summed E-state index contributed by atoms with van der Waals surface area (Å²) in [6.07, 6.45) is 0.757. The number of aromatic amines is 1. The van der Waals surface area contributed by atoms with Gasteiger partial charge in [-0.15, -0.1) is 5.10 Å². The SMILES string of the molecule is CCNc1nc(CC)nc(Sc2n[nH]c(=O)n2CC)c1C.